The molecule has 1 atom stereocenters. The zero-order valence-corrected chi connectivity index (χ0v) is 11.7. The number of carbonyl (C=O) groups excluding carboxylic acids is 1. The Morgan fingerprint density at radius 3 is 3.05 bits per heavy atom. The summed E-state index contributed by atoms with van der Waals surface area (Å²) in [6, 6.07) is 7.48. The molecule has 0 spiro atoms. The van der Waals surface area contributed by atoms with E-state index in [0.717, 1.165) is 24.6 Å². The van der Waals surface area contributed by atoms with Crippen molar-refractivity contribution in [3.8, 4) is 5.75 Å². The molecule has 4 nitrogen and oxygen atoms in total. The first-order valence-corrected chi connectivity index (χ1v) is 7.24. The van der Waals surface area contributed by atoms with Crippen molar-refractivity contribution in [3.05, 3.63) is 48.2 Å². The summed E-state index contributed by atoms with van der Waals surface area (Å²) in [7, 11) is 0. The molecule has 21 heavy (non-hydrogen) atoms. The molecular formula is C17H18N2O2. The average Bonchev–Trinajstić information content (AvgIpc) is 2.55. The van der Waals surface area contributed by atoms with Gasteiger partial charge >= 0.3 is 0 Å². The summed E-state index contributed by atoms with van der Waals surface area (Å²) in [6.07, 6.45) is 8.49. The maximum atomic E-state index is 12.1. The molecule has 0 radical (unpaired) electrons. The van der Waals surface area contributed by atoms with Gasteiger partial charge in [-0.25, -0.2) is 0 Å². The molecule has 0 unspecified atom stereocenters. The third-order valence-corrected chi connectivity index (χ3v) is 3.92. The van der Waals surface area contributed by atoms with Gasteiger partial charge < -0.3 is 10.4 Å². The van der Waals surface area contributed by atoms with Gasteiger partial charge in [0.15, 0.2) is 0 Å². The van der Waals surface area contributed by atoms with Crippen LogP contribution in [0, 0.1) is 5.92 Å². The van der Waals surface area contributed by atoms with Crippen molar-refractivity contribution >= 4 is 16.8 Å². The van der Waals surface area contributed by atoms with Gasteiger partial charge in [-0.15, -0.1) is 0 Å². The molecule has 4 heteroatoms. The van der Waals surface area contributed by atoms with Crippen LogP contribution >= 0.6 is 0 Å². The predicted molar refractivity (Wildman–Crippen MR) is 81.7 cm³/mol. The highest BCUT2D eigenvalue weighted by molar-refractivity contribution is 5.85. The number of hydrogen-bond donors (Lipinski definition) is 2. The molecule has 1 amide bonds. The summed E-state index contributed by atoms with van der Waals surface area (Å²) in [5.74, 6) is 0.257. The van der Waals surface area contributed by atoms with Crippen molar-refractivity contribution in [2.75, 3.05) is 0 Å². The quantitative estimate of drug-likeness (QED) is 0.851. The number of pyridine rings is 1. The van der Waals surface area contributed by atoms with Crippen LogP contribution in [-0.4, -0.2) is 16.0 Å². The van der Waals surface area contributed by atoms with Crippen LogP contribution in [0.25, 0.3) is 10.9 Å². The normalized spacial score (nSPS) is 17.8. The second-order valence-electron chi connectivity index (χ2n) is 5.35. The Kier molecular flexibility index (Phi) is 3.86. The average molecular weight is 282 g/mol. The summed E-state index contributed by atoms with van der Waals surface area (Å²) in [5, 5.41) is 14.1. The third-order valence-electron chi connectivity index (χ3n) is 3.92. The van der Waals surface area contributed by atoms with E-state index in [2.05, 4.69) is 22.5 Å². The van der Waals surface area contributed by atoms with Crippen molar-refractivity contribution in [2.45, 2.75) is 25.8 Å². The number of aromatic nitrogens is 1. The molecule has 1 aromatic heterocycles. The molecule has 1 aromatic carbocycles. The Hall–Kier alpha value is -2.36. The minimum absolute atomic E-state index is 0.0516. The Morgan fingerprint density at radius 2 is 2.24 bits per heavy atom. The van der Waals surface area contributed by atoms with Gasteiger partial charge in [-0.2, -0.15) is 0 Å². The summed E-state index contributed by atoms with van der Waals surface area (Å²) in [5.41, 5.74) is 1.27. The number of nitrogens with zero attached hydrogens (tertiary/aromatic N) is 1. The molecule has 108 valence electrons. The van der Waals surface area contributed by atoms with E-state index in [1.165, 1.54) is 0 Å². The third kappa shape index (κ3) is 2.89. The van der Waals surface area contributed by atoms with Crippen LogP contribution in [0.15, 0.2) is 42.6 Å². The van der Waals surface area contributed by atoms with E-state index >= 15 is 0 Å². The van der Waals surface area contributed by atoms with Gasteiger partial charge in [-0.3, -0.25) is 9.78 Å². The smallest absolute Gasteiger partial charge is 0.223 e. The van der Waals surface area contributed by atoms with E-state index in [9.17, 15) is 9.90 Å². The first-order chi connectivity index (χ1) is 10.3. The minimum atomic E-state index is 0.0516. The SMILES string of the molecule is O=C(NCc1ccc2cccnc2c1O)[C@@H]1CC=CCC1. The van der Waals surface area contributed by atoms with Gasteiger partial charge in [-0.1, -0.05) is 30.4 Å². The largest absolute Gasteiger partial charge is 0.505 e. The highest BCUT2D eigenvalue weighted by Gasteiger charge is 2.18. The van der Waals surface area contributed by atoms with Crippen molar-refractivity contribution in [1.82, 2.24) is 10.3 Å². The predicted octanol–water partition coefficient (Wildman–Crippen LogP) is 2.91. The van der Waals surface area contributed by atoms with Crippen LogP contribution in [0.4, 0.5) is 0 Å². The molecule has 0 aliphatic heterocycles. The molecule has 2 aromatic rings. The van der Waals surface area contributed by atoms with E-state index in [1.54, 1.807) is 6.20 Å². The van der Waals surface area contributed by atoms with Crippen LogP contribution in [0.3, 0.4) is 0 Å². The zero-order valence-electron chi connectivity index (χ0n) is 11.7. The summed E-state index contributed by atoms with van der Waals surface area (Å²) in [4.78, 5) is 16.3. The lowest BCUT2D eigenvalue weighted by molar-refractivity contribution is -0.125. The number of fused-ring (bicyclic) bond motifs is 1. The van der Waals surface area contributed by atoms with Crippen LogP contribution in [-0.2, 0) is 11.3 Å². The fraction of sp³-hybridized carbons (Fsp3) is 0.294. The second-order valence-corrected chi connectivity index (χ2v) is 5.35. The monoisotopic (exact) mass is 282 g/mol. The highest BCUT2D eigenvalue weighted by atomic mass is 16.3. The van der Waals surface area contributed by atoms with Gasteiger partial charge in [0, 0.05) is 29.6 Å². The summed E-state index contributed by atoms with van der Waals surface area (Å²) < 4.78 is 0. The van der Waals surface area contributed by atoms with E-state index in [4.69, 9.17) is 0 Å². The molecule has 0 fully saturated rings. The Bertz CT molecular complexity index is 694. The molecule has 1 aliphatic carbocycles. The fourth-order valence-electron chi connectivity index (χ4n) is 2.67. The lowest BCUT2D eigenvalue weighted by atomic mass is 9.93. The Morgan fingerprint density at radius 1 is 1.33 bits per heavy atom. The molecule has 1 aliphatic rings. The number of benzene rings is 1. The fourth-order valence-corrected chi connectivity index (χ4v) is 2.67. The van der Waals surface area contributed by atoms with Crippen LogP contribution in [0.5, 0.6) is 5.75 Å². The number of carbonyl (C=O) groups is 1. The Labute approximate surface area is 123 Å². The molecule has 2 N–H and O–H groups in total. The first kappa shape index (κ1) is 13.6. The van der Waals surface area contributed by atoms with Crippen molar-refractivity contribution in [1.29, 1.82) is 0 Å². The lowest BCUT2D eigenvalue weighted by Gasteiger charge is -2.17. The van der Waals surface area contributed by atoms with Gasteiger partial charge in [0.1, 0.15) is 11.3 Å². The van der Waals surface area contributed by atoms with Crippen molar-refractivity contribution < 1.29 is 9.90 Å². The molecule has 0 saturated heterocycles. The molecular weight excluding hydrogens is 264 g/mol. The summed E-state index contributed by atoms with van der Waals surface area (Å²) in [6.45, 7) is 0.331. The number of hydrogen-bond acceptors (Lipinski definition) is 3. The first-order valence-electron chi connectivity index (χ1n) is 7.24. The van der Waals surface area contributed by atoms with Crippen LogP contribution in [0.1, 0.15) is 24.8 Å². The molecule has 0 saturated carbocycles. The molecule has 0 bridgehead atoms. The van der Waals surface area contributed by atoms with E-state index in [1.807, 2.05) is 24.3 Å². The lowest BCUT2D eigenvalue weighted by Crippen LogP contribution is -2.30. The standard InChI is InChI=1S/C17H18N2O2/c20-16-14(9-8-12-7-4-10-18-15(12)16)11-19-17(21)13-5-2-1-3-6-13/h1-2,4,7-10,13,20H,3,5-6,11H2,(H,19,21)/t13-/m1/s1. The second kappa shape index (κ2) is 5.95. The zero-order chi connectivity index (χ0) is 14.7. The van der Waals surface area contributed by atoms with E-state index in [0.29, 0.717) is 17.6 Å². The highest BCUT2D eigenvalue weighted by Crippen LogP contribution is 2.27. The number of nitrogens with one attached hydrogen (secondary N) is 1. The maximum absolute atomic E-state index is 12.1. The van der Waals surface area contributed by atoms with Crippen molar-refractivity contribution in [2.24, 2.45) is 5.92 Å². The van der Waals surface area contributed by atoms with Crippen LogP contribution < -0.4 is 5.32 Å². The van der Waals surface area contributed by atoms with Gasteiger partial charge in [0.25, 0.3) is 0 Å². The molecule has 3 rings (SSSR count). The van der Waals surface area contributed by atoms with Gasteiger partial charge in [0.05, 0.1) is 0 Å². The number of allylic oxidation sites excluding steroid dienone is 2. The number of aromatic hydroxyl groups is 1. The summed E-state index contributed by atoms with van der Waals surface area (Å²) >= 11 is 0. The number of amides is 1. The Balaban J connectivity index is 1.72. The topological polar surface area (TPSA) is 62.2 Å². The van der Waals surface area contributed by atoms with E-state index in [-0.39, 0.29) is 17.6 Å². The number of rotatable bonds is 3. The minimum Gasteiger partial charge on any atom is -0.505 e. The van der Waals surface area contributed by atoms with Crippen molar-refractivity contribution in [3.63, 3.8) is 0 Å². The van der Waals surface area contributed by atoms with Crippen LogP contribution in [0.2, 0.25) is 0 Å². The van der Waals surface area contributed by atoms with Gasteiger partial charge in [-0.05, 0) is 25.3 Å². The maximum Gasteiger partial charge on any atom is 0.223 e. The number of phenolic OH excluding ortho intramolecular Hbond substituents is 1. The van der Waals surface area contributed by atoms with E-state index < -0.39 is 0 Å². The van der Waals surface area contributed by atoms with Gasteiger partial charge in [0.2, 0.25) is 5.91 Å². The molecule has 1 heterocycles. The number of phenols is 1.